The topological polar surface area (TPSA) is 58.9 Å². The lowest BCUT2D eigenvalue weighted by atomic mass is 10.1. The van der Waals surface area contributed by atoms with Gasteiger partial charge in [-0.05, 0) is 31.3 Å². The standard InChI is InChI=1S/C16H14N2O2S2/c1-13-7-9-14(10-8-13)16(17-11-21)18-12-22(19,20)15-5-3-2-4-6-15/h2-10H,12H2,1H3. The summed E-state index contributed by atoms with van der Waals surface area (Å²) in [4.78, 5) is 8.20. The number of rotatable bonds is 4. The molecule has 0 heterocycles. The Morgan fingerprint density at radius 3 is 2.32 bits per heavy atom. The van der Waals surface area contributed by atoms with E-state index in [4.69, 9.17) is 0 Å². The van der Waals surface area contributed by atoms with Gasteiger partial charge in [0.2, 0.25) is 0 Å². The molecule has 2 aromatic rings. The van der Waals surface area contributed by atoms with Crippen molar-refractivity contribution < 1.29 is 8.42 Å². The second kappa shape index (κ2) is 7.22. The minimum Gasteiger partial charge on any atom is -0.249 e. The molecule has 0 aliphatic rings. The van der Waals surface area contributed by atoms with Gasteiger partial charge in [-0.1, -0.05) is 48.0 Å². The molecule has 0 bridgehead atoms. The number of isothiocyanates is 1. The molecular formula is C16H14N2O2S2. The van der Waals surface area contributed by atoms with Crippen LogP contribution in [-0.2, 0) is 9.84 Å². The average molecular weight is 330 g/mol. The van der Waals surface area contributed by atoms with Crippen molar-refractivity contribution in [3.8, 4) is 0 Å². The van der Waals surface area contributed by atoms with Gasteiger partial charge in [0.05, 0.1) is 10.1 Å². The first-order chi connectivity index (χ1) is 10.5. The van der Waals surface area contributed by atoms with Crippen molar-refractivity contribution in [3.05, 3.63) is 65.7 Å². The highest BCUT2D eigenvalue weighted by atomic mass is 32.2. The minimum absolute atomic E-state index is 0.230. The van der Waals surface area contributed by atoms with Crippen LogP contribution >= 0.6 is 12.2 Å². The number of aliphatic imine (C=N–C) groups is 2. The average Bonchev–Trinajstić information content (AvgIpc) is 2.53. The van der Waals surface area contributed by atoms with Crippen LogP contribution in [0.4, 0.5) is 0 Å². The first-order valence-corrected chi connectivity index (χ1v) is 8.56. The maximum atomic E-state index is 12.2. The normalized spacial score (nSPS) is 11.8. The van der Waals surface area contributed by atoms with Gasteiger partial charge in [0.25, 0.3) is 0 Å². The molecule has 4 nitrogen and oxygen atoms in total. The Morgan fingerprint density at radius 2 is 1.73 bits per heavy atom. The second-order valence-corrected chi connectivity index (χ2v) is 6.75. The van der Waals surface area contributed by atoms with Crippen LogP contribution in [0.3, 0.4) is 0 Å². The fourth-order valence-electron chi connectivity index (χ4n) is 1.79. The Hall–Kier alpha value is -2.14. The third-order valence-electron chi connectivity index (χ3n) is 2.95. The molecule has 0 radical (unpaired) electrons. The molecule has 0 saturated heterocycles. The molecule has 0 aromatic heterocycles. The molecule has 0 unspecified atom stereocenters. The number of nitrogens with zero attached hydrogens (tertiary/aromatic N) is 2. The van der Waals surface area contributed by atoms with Crippen molar-refractivity contribution in [2.45, 2.75) is 11.8 Å². The lowest BCUT2D eigenvalue weighted by Crippen LogP contribution is -2.08. The third kappa shape index (κ3) is 4.18. The lowest BCUT2D eigenvalue weighted by Gasteiger charge is -2.03. The van der Waals surface area contributed by atoms with E-state index in [-0.39, 0.29) is 16.6 Å². The van der Waals surface area contributed by atoms with E-state index in [1.165, 1.54) is 0 Å². The van der Waals surface area contributed by atoms with Crippen molar-refractivity contribution in [2.24, 2.45) is 9.98 Å². The summed E-state index contributed by atoms with van der Waals surface area (Å²) in [5.41, 5.74) is 1.79. The lowest BCUT2D eigenvalue weighted by molar-refractivity contribution is 0.596. The first kappa shape index (κ1) is 16.2. The Labute approximate surface area is 135 Å². The molecule has 2 aromatic carbocycles. The van der Waals surface area contributed by atoms with E-state index in [0.29, 0.717) is 5.56 Å². The zero-order valence-electron chi connectivity index (χ0n) is 11.9. The fraction of sp³-hybridized carbons (Fsp3) is 0.125. The van der Waals surface area contributed by atoms with Gasteiger partial charge in [0, 0.05) is 5.56 Å². The maximum Gasteiger partial charge on any atom is 0.198 e. The molecule has 0 saturated carbocycles. The number of hydrogen-bond donors (Lipinski definition) is 0. The van der Waals surface area contributed by atoms with E-state index in [9.17, 15) is 8.42 Å². The summed E-state index contributed by atoms with van der Waals surface area (Å²) < 4.78 is 24.5. The summed E-state index contributed by atoms with van der Waals surface area (Å²) in [7, 11) is -3.50. The van der Waals surface area contributed by atoms with Crippen LogP contribution in [0.15, 0.2) is 69.5 Å². The molecule has 22 heavy (non-hydrogen) atoms. The van der Waals surface area contributed by atoms with Crippen LogP contribution in [0.25, 0.3) is 0 Å². The molecule has 2 rings (SSSR count). The molecule has 0 aliphatic heterocycles. The van der Waals surface area contributed by atoms with Crippen molar-refractivity contribution >= 4 is 33.1 Å². The SMILES string of the molecule is Cc1ccc(C(N=C=S)=NCS(=O)(=O)c2ccccc2)cc1. The van der Waals surface area contributed by atoms with Gasteiger partial charge in [0.15, 0.2) is 15.7 Å². The van der Waals surface area contributed by atoms with Gasteiger partial charge >= 0.3 is 0 Å². The molecule has 112 valence electrons. The zero-order valence-corrected chi connectivity index (χ0v) is 13.6. The van der Waals surface area contributed by atoms with Gasteiger partial charge in [-0.2, -0.15) is 4.99 Å². The monoisotopic (exact) mass is 330 g/mol. The number of thiocarbonyl (C=S) groups is 1. The van der Waals surface area contributed by atoms with Crippen molar-refractivity contribution in [1.29, 1.82) is 0 Å². The summed E-state index contributed by atoms with van der Waals surface area (Å²) in [6.07, 6.45) is 0. The van der Waals surface area contributed by atoms with Crippen molar-refractivity contribution in [1.82, 2.24) is 0 Å². The highest BCUT2D eigenvalue weighted by molar-refractivity contribution is 7.91. The molecule has 0 spiro atoms. The summed E-state index contributed by atoms with van der Waals surface area (Å²) >= 11 is 4.61. The molecule has 0 amide bonds. The van der Waals surface area contributed by atoms with Gasteiger partial charge in [-0.3, -0.25) is 0 Å². The van der Waals surface area contributed by atoms with Crippen LogP contribution < -0.4 is 0 Å². The van der Waals surface area contributed by atoms with Gasteiger partial charge < -0.3 is 0 Å². The quantitative estimate of drug-likeness (QED) is 0.491. The summed E-state index contributed by atoms with van der Waals surface area (Å²) in [5, 5.41) is 2.24. The summed E-state index contributed by atoms with van der Waals surface area (Å²) in [5.74, 6) is -0.129. The van der Waals surface area contributed by atoms with Crippen LogP contribution in [0.1, 0.15) is 11.1 Å². The Bertz CT molecular complexity index is 820. The molecule has 0 fully saturated rings. The number of aryl methyl sites for hydroxylation is 1. The highest BCUT2D eigenvalue weighted by Gasteiger charge is 2.13. The van der Waals surface area contributed by atoms with E-state index < -0.39 is 9.84 Å². The van der Waals surface area contributed by atoms with Crippen LogP contribution in [0, 0.1) is 6.92 Å². The van der Waals surface area contributed by atoms with Crippen LogP contribution in [-0.4, -0.2) is 25.3 Å². The Kier molecular flexibility index (Phi) is 5.33. The van der Waals surface area contributed by atoms with E-state index in [1.54, 1.807) is 30.3 Å². The van der Waals surface area contributed by atoms with Gasteiger partial charge in [-0.25, -0.2) is 13.4 Å². The number of sulfone groups is 1. The smallest absolute Gasteiger partial charge is 0.198 e. The molecule has 0 N–H and O–H groups in total. The zero-order chi connectivity index (χ0) is 16.0. The fourth-order valence-corrected chi connectivity index (χ4v) is 2.89. The summed E-state index contributed by atoms with van der Waals surface area (Å²) in [6.45, 7) is 1.96. The van der Waals surface area contributed by atoms with Crippen LogP contribution in [0.2, 0.25) is 0 Å². The van der Waals surface area contributed by atoms with E-state index in [0.717, 1.165) is 5.56 Å². The van der Waals surface area contributed by atoms with Gasteiger partial charge in [-0.15, -0.1) is 0 Å². The van der Waals surface area contributed by atoms with Crippen molar-refractivity contribution in [3.63, 3.8) is 0 Å². The molecule has 0 atom stereocenters. The van der Waals surface area contributed by atoms with E-state index >= 15 is 0 Å². The number of benzene rings is 2. The van der Waals surface area contributed by atoms with Crippen molar-refractivity contribution in [2.75, 3.05) is 5.88 Å². The molecule has 0 aliphatic carbocycles. The van der Waals surface area contributed by atoms with Gasteiger partial charge in [0.1, 0.15) is 5.88 Å². The van der Waals surface area contributed by atoms with E-state index in [2.05, 4.69) is 27.4 Å². The largest absolute Gasteiger partial charge is 0.249 e. The predicted octanol–water partition coefficient (Wildman–Crippen LogP) is 3.28. The van der Waals surface area contributed by atoms with E-state index in [1.807, 2.05) is 31.2 Å². The predicted molar refractivity (Wildman–Crippen MR) is 91.2 cm³/mol. The molecule has 6 heteroatoms. The summed E-state index contributed by atoms with van der Waals surface area (Å²) in [6, 6.07) is 15.6. The second-order valence-electron chi connectivity index (χ2n) is 4.61. The number of amidine groups is 1. The molecular weight excluding hydrogens is 316 g/mol. The first-order valence-electron chi connectivity index (χ1n) is 6.50. The highest BCUT2D eigenvalue weighted by Crippen LogP contribution is 2.12. The number of hydrogen-bond acceptors (Lipinski definition) is 4. The third-order valence-corrected chi connectivity index (χ3v) is 4.50. The van der Waals surface area contributed by atoms with Crippen LogP contribution in [0.5, 0.6) is 0 Å². The maximum absolute atomic E-state index is 12.2. The minimum atomic E-state index is -3.50. The Morgan fingerprint density at radius 1 is 1.09 bits per heavy atom. The Balaban J connectivity index is 2.32.